The number of hydrogen-bond donors (Lipinski definition) is 1. The summed E-state index contributed by atoms with van der Waals surface area (Å²) in [4.78, 5) is 0. The maximum Gasteiger partial charge on any atom is 0.123 e. The molecule has 0 aliphatic rings. The molecule has 1 heterocycles. The zero-order valence-corrected chi connectivity index (χ0v) is 8.94. The SMILES string of the molecule is Cc1cc(-n2cnnc2)cc(CN)c1C. The minimum absolute atomic E-state index is 0.558. The Morgan fingerprint density at radius 1 is 1.20 bits per heavy atom. The van der Waals surface area contributed by atoms with Gasteiger partial charge >= 0.3 is 0 Å². The van der Waals surface area contributed by atoms with Gasteiger partial charge in [0.1, 0.15) is 12.7 Å². The molecule has 2 aromatic rings. The van der Waals surface area contributed by atoms with E-state index < -0.39 is 0 Å². The fourth-order valence-electron chi connectivity index (χ4n) is 1.61. The molecule has 1 aromatic carbocycles. The van der Waals surface area contributed by atoms with Crippen LogP contribution in [0.3, 0.4) is 0 Å². The Morgan fingerprint density at radius 3 is 2.47 bits per heavy atom. The van der Waals surface area contributed by atoms with E-state index in [1.807, 2.05) is 4.57 Å². The molecule has 78 valence electrons. The highest BCUT2D eigenvalue weighted by Crippen LogP contribution is 2.18. The third-order valence-electron chi connectivity index (χ3n) is 2.70. The standard InChI is InChI=1S/C11H14N4/c1-8-3-11(15-6-13-14-7-15)4-10(5-12)9(8)2/h3-4,6-7H,5,12H2,1-2H3. The van der Waals surface area contributed by atoms with Crippen molar-refractivity contribution >= 4 is 0 Å². The number of nitrogens with zero attached hydrogens (tertiary/aromatic N) is 3. The molecule has 2 N–H and O–H groups in total. The number of aromatic nitrogens is 3. The van der Waals surface area contributed by atoms with Gasteiger partial charge in [0.2, 0.25) is 0 Å². The van der Waals surface area contributed by atoms with E-state index in [2.05, 4.69) is 36.2 Å². The molecule has 1 aromatic heterocycles. The Hall–Kier alpha value is -1.68. The van der Waals surface area contributed by atoms with Crippen LogP contribution in [-0.4, -0.2) is 14.8 Å². The Bertz CT molecular complexity index is 460. The first-order chi connectivity index (χ1) is 7.22. The van der Waals surface area contributed by atoms with Gasteiger partial charge in [-0.3, -0.25) is 4.57 Å². The molecule has 0 bridgehead atoms. The summed E-state index contributed by atoms with van der Waals surface area (Å²) >= 11 is 0. The summed E-state index contributed by atoms with van der Waals surface area (Å²) in [6.07, 6.45) is 3.37. The molecule has 4 nitrogen and oxygen atoms in total. The van der Waals surface area contributed by atoms with Gasteiger partial charge in [-0.2, -0.15) is 0 Å². The molecule has 0 saturated heterocycles. The first kappa shape index (κ1) is 9.86. The van der Waals surface area contributed by atoms with Crippen LogP contribution in [0.25, 0.3) is 5.69 Å². The molecule has 0 aliphatic carbocycles. The van der Waals surface area contributed by atoms with Gasteiger partial charge in [0.15, 0.2) is 0 Å². The summed E-state index contributed by atoms with van der Waals surface area (Å²) in [6.45, 7) is 4.73. The van der Waals surface area contributed by atoms with Crippen molar-refractivity contribution < 1.29 is 0 Å². The number of benzene rings is 1. The van der Waals surface area contributed by atoms with Gasteiger partial charge < -0.3 is 5.73 Å². The molecule has 0 spiro atoms. The molecule has 0 amide bonds. The lowest BCUT2D eigenvalue weighted by Crippen LogP contribution is -2.03. The van der Waals surface area contributed by atoms with Crippen molar-refractivity contribution in [2.45, 2.75) is 20.4 Å². The summed E-state index contributed by atoms with van der Waals surface area (Å²) in [6, 6.07) is 4.18. The highest BCUT2D eigenvalue weighted by Gasteiger charge is 2.04. The van der Waals surface area contributed by atoms with E-state index in [1.54, 1.807) is 12.7 Å². The van der Waals surface area contributed by atoms with E-state index in [1.165, 1.54) is 16.7 Å². The van der Waals surface area contributed by atoms with Crippen molar-refractivity contribution in [3.63, 3.8) is 0 Å². The predicted molar refractivity (Wildman–Crippen MR) is 58.7 cm³/mol. The summed E-state index contributed by atoms with van der Waals surface area (Å²) in [5.74, 6) is 0. The summed E-state index contributed by atoms with van der Waals surface area (Å²) in [5, 5.41) is 7.58. The maximum absolute atomic E-state index is 5.70. The highest BCUT2D eigenvalue weighted by molar-refractivity contribution is 5.44. The Labute approximate surface area is 88.8 Å². The van der Waals surface area contributed by atoms with Crippen LogP contribution in [0.1, 0.15) is 16.7 Å². The third kappa shape index (κ3) is 1.76. The Morgan fingerprint density at radius 2 is 1.87 bits per heavy atom. The number of rotatable bonds is 2. The Kier molecular flexibility index (Phi) is 2.51. The quantitative estimate of drug-likeness (QED) is 0.799. The predicted octanol–water partition coefficient (Wildman–Crippen LogP) is 1.34. The zero-order chi connectivity index (χ0) is 10.8. The highest BCUT2D eigenvalue weighted by atomic mass is 15.2. The molecule has 0 saturated carbocycles. The van der Waals surface area contributed by atoms with Crippen molar-refractivity contribution in [3.05, 3.63) is 41.5 Å². The van der Waals surface area contributed by atoms with Crippen LogP contribution in [0, 0.1) is 13.8 Å². The maximum atomic E-state index is 5.70. The lowest BCUT2D eigenvalue weighted by molar-refractivity contribution is 0.999. The second-order valence-electron chi connectivity index (χ2n) is 3.62. The van der Waals surface area contributed by atoms with Crippen molar-refractivity contribution in [1.29, 1.82) is 0 Å². The second kappa shape index (κ2) is 3.82. The van der Waals surface area contributed by atoms with Crippen LogP contribution in [0.15, 0.2) is 24.8 Å². The normalized spacial score (nSPS) is 10.6. The van der Waals surface area contributed by atoms with Crippen molar-refractivity contribution in [2.24, 2.45) is 5.73 Å². The smallest absolute Gasteiger partial charge is 0.123 e. The number of aryl methyl sites for hydroxylation is 1. The van der Waals surface area contributed by atoms with E-state index >= 15 is 0 Å². The van der Waals surface area contributed by atoms with Gasteiger partial charge in [-0.15, -0.1) is 10.2 Å². The largest absolute Gasteiger partial charge is 0.326 e. The fraction of sp³-hybridized carbons (Fsp3) is 0.273. The first-order valence-electron chi connectivity index (χ1n) is 4.87. The molecular formula is C11H14N4. The average Bonchev–Trinajstić information content (AvgIpc) is 2.75. The van der Waals surface area contributed by atoms with Crippen LogP contribution < -0.4 is 5.73 Å². The van der Waals surface area contributed by atoms with Gasteiger partial charge in [-0.05, 0) is 42.7 Å². The van der Waals surface area contributed by atoms with Gasteiger partial charge in [0.05, 0.1) is 0 Å². The second-order valence-corrected chi connectivity index (χ2v) is 3.62. The zero-order valence-electron chi connectivity index (χ0n) is 8.94. The van der Waals surface area contributed by atoms with Crippen molar-refractivity contribution in [1.82, 2.24) is 14.8 Å². The molecule has 0 fully saturated rings. The molecule has 15 heavy (non-hydrogen) atoms. The molecule has 0 radical (unpaired) electrons. The molecular weight excluding hydrogens is 188 g/mol. The van der Waals surface area contributed by atoms with Gasteiger partial charge in [-0.25, -0.2) is 0 Å². The van der Waals surface area contributed by atoms with E-state index in [-0.39, 0.29) is 0 Å². The number of hydrogen-bond acceptors (Lipinski definition) is 3. The van der Waals surface area contributed by atoms with E-state index in [9.17, 15) is 0 Å². The lowest BCUT2D eigenvalue weighted by atomic mass is 10.0. The van der Waals surface area contributed by atoms with Gasteiger partial charge in [0, 0.05) is 12.2 Å². The van der Waals surface area contributed by atoms with Gasteiger partial charge in [0.25, 0.3) is 0 Å². The van der Waals surface area contributed by atoms with E-state index in [0.717, 1.165) is 5.69 Å². The number of nitrogens with two attached hydrogens (primary N) is 1. The van der Waals surface area contributed by atoms with E-state index in [0.29, 0.717) is 6.54 Å². The molecule has 0 unspecified atom stereocenters. The molecule has 2 rings (SSSR count). The lowest BCUT2D eigenvalue weighted by Gasteiger charge is -2.10. The third-order valence-corrected chi connectivity index (χ3v) is 2.70. The summed E-state index contributed by atoms with van der Waals surface area (Å²) < 4.78 is 1.88. The molecule has 0 aliphatic heterocycles. The first-order valence-corrected chi connectivity index (χ1v) is 4.87. The van der Waals surface area contributed by atoms with Crippen molar-refractivity contribution in [2.75, 3.05) is 0 Å². The molecule has 0 atom stereocenters. The summed E-state index contributed by atoms with van der Waals surface area (Å²) in [7, 11) is 0. The van der Waals surface area contributed by atoms with Crippen LogP contribution in [0.5, 0.6) is 0 Å². The van der Waals surface area contributed by atoms with Crippen molar-refractivity contribution in [3.8, 4) is 5.69 Å². The van der Waals surface area contributed by atoms with Crippen LogP contribution in [0.4, 0.5) is 0 Å². The average molecular weight is 202 g/mol. The van der Waals surface area contributed by atoms with Crippen LogP contribution in [0.2, 0.25) is 0 Å². The van der Waals surface area contributed by atoms with Crippen LogP contribution in [-0.2, 0) is 6.54 Å². The monoisotopic (exact) mass is 202 g/mol. The Balaban J connectivity index is 2.55. The molecule has 4 heteroatoms. The minimum Gasteiger partial charge on any atom is -0.326 e. The topological polar surface area (TPSA) is 56.7 Å². The van der Waals surface area contributed by atoms with E-state index in [4.69, 9.17) is 5.73 Å². The van der Waals surface area contributed by atoms with Gasteiger partial charge in [-0.1, -0.05) is 0 Å². The minimum atomic E-state index is 0.558. The summed E-state index contributed by atoms with van der Waals surface area (Å²) in [5.41, 5.74) is 10.4. The van der Waals surface area contributed by atoms with Crippen LogP contribution >= 0.6 is 0 Å². The fourth-order valence-corrected chi connectivity index (χ4v) is 1.61.